The van der Waals surface area contributed by atoms with Crippen molar-refractivity contribution < 1.29 is 109 Å². The van der Waals surface area contributed by atoms with Crippen molar-refractivity contribution in [2.45, 2.75) is 5.40 Å². The van der Waals surface area contributed by atoms with Crippen molar-refractivity contribution in [3.05, 3.63) is 42.0 Å². The minimum absolute atomic E-state index is 0. The number of hydrogen-bond donors (Lipinski definition) is 1. The van der Waals surface area contributed by atoms with E-state index in [1.54, 1.807) is 0 Å². The topological polar surface area (TPSA) is 147 Å². The molecule has 0 bridgehead atoms. The predicted octanol–water partition coefficient (Wildman–Crippen LogP) is -12.6. The van der Waals surface area contributed by atoms with Crippen molar-refractivity contribution >= 4 is 26.0 Å². The first-order valence-electron chi connectivity index (χ1n) is 5.35. The van der Waals surface area contributed by atoms with Gasteiger partial charge >= 0.3 is 75.4 Å². The summed E-state index contributed by atoms with van der Waals surface area (Å²) in [5, 5.41) is 7.55. The van der Waals surface area contributed by atoms with Crippen molar-refractivity contribution in [1.29, 1.82) is 0 Å². The van der Waals surface area contributed by atoms with Crippen LogP contribution in [0.3, 0.4) is 0 Å². The Labute approximate surface area is 187 Å². The van der Waals surface area contributed by atoms with E-state index < -0.39 is 26.2 Å². The quantitative estimate of drug-likeness (QED) is 0.430. The number of benzene rings is 2. The van der Waals surface area contributed by atoms with E-state index in [2.05, 4.69) is 0 Å². The number of rotatable bonds is 3. The fourth-order valence-corrected chi connectivity index (χ4v) is 4.39. The predicted molar refractivity (Wildman–Crippen MR) is 63.6 cm³/mol. The van der Waals surface area contributed by atoms with Gasteiger partial charge in [0.05, 0.1) is 0 Å². The number of fused-ring (bicyclic) bond motifs is 1. The minimum Gasteiger partial charge on any atom is -0.810 e. The summed E-state index contributed by atoms with van der Waals surface area (Å²) in [6.45, 7) is 0. The molecule has 0 atom stereocenters. The van der Waals surface area contributed by atoms with Gasteiger partial charge in [-0.05, 0) is 28.5 Å². The normalized spacial score (nSPS) is 10.9. The van der Waals surface area contributed by atoms with Crippen LogP contribution in [-0.4, -0.2) is 5.11 Å². The van der Waals surface area contributed by atoms with Crippen molar-refractivity contribution in [2.24, 2.45) is 0 Å². The molecular formula is C11H8Li4O7P2. The van der Waals surface area contributed by atoms with Crippen molar-refractivity contribution in [3.63, 3.8) is 0 Å². The van der Waals surface area contributed by atoms with Gasteiger partial charge in [0.25, 0.3) is 0 Å². The Balaban J connectivity index is -0.00000110. The molecule has 0 saturated carbocycles. The molecule has 0 aliphatic carbocycles. The maximum atomic E-state index is 11.0. The maximum absolute atomic E-state index is 11.0. The molecule has 7 nitrogen and oxygen atoms in total. The van der Waals surface area contributed by atoms with Gasteiger partial charge in [0.2, 0.25) is 0 Å². The van der Waals surface area contributed by atoms with Gasteiger partial charge < -0.3 is 33.8 Å². The van der Waals surface area contributed by atoms with Gasteiger partial charge in [0, 0.05) is 5.40 Å². The second kappa shape index (κ2) is 11.1. The van der Waals surface area contributed by atoms with E-state index in [1.807, 2.05) is 0 Å². The van der Waals surface area contributed by atoms with Crippen LogP contribution in [0.5, 0.6) is 5.75 Å². The van der Waals surface area contributed by atoms with Gasteiger partial charge in [0.15, 0.2) is 0 Å². The molecule has 24 heavy (non-hydrogen) atoms. The van der Waals surface area contributed by atoms with Crippen LogP contribution in [0.15, 0.2) is 36.4 Å². The summed E-state index contributed by atoms with van der Waals surface area (Å²) in [4.78, 5) is 44.1. The van der Waals surface area contributed by atoms with Gasteiger partial charge in [-0.15, -0.1) is 0 Å². The first-order valence-corrected chi connectivity index (χ1v) is 8.57. The average Bonchev–Trinajstić information content (AvgIpc) is 2.25. The number of hydrogen-bond acceptors (Lipinski definition) is 7. The van der Waals surface area contributed by atoms with Crippen LogP contribution in [0.4, 0.5) is 0 Å². The van der Waals surface area contributed by atoms with E-state index in [-0.39, 0.29) is 81.2 Å². The molecule has 0 aliphatic heterocycles. The Bertz CT molecular complexity index is 739. The summed E-state index contributed by atoms with van der Waals surface area (Å²) in [6, 6.07) is 7.61. The van der Waals surface area contributed by atoms with E-state index in [1.165, 1.54) is 24.3 Å². The molecule has 0 heterocycles. The summed E-state index contributed by atoms with van der Waals surface area (Å²) in [6.07, 6.45) is 0. The van der Waals surface area contributed by atoms with Crippen LogP contribution in [-0.2, 0) is 9.13 Å². The van der Waals surface area contributed by atoms with E-state index in [9.17, 15) is 33.8 Å². The molecule has 0 spiro atoms. The summed E-state index contributed by atoms with van der Waals surface area (Å²) < 4.78 is 22.1. The first kappa shape index (κ1) is 29.9. The molecule has 0 fully saturated rings. The molecule has 108 valence electrons. The third-order valence-corrected chi connectivity index (χ3v) is 6.24. The molecule has 0 radical (unpaired) electrons. The second-order valence-corrected chi connectivity index (χ2v) is 7.84. The average molecular weight is 342 g/mol. The van der Waals surface area contributed by atoms with Crippen molar-refractivity contribution in [1.82, 2.24) is 0 Å². The summed E-state index contributed by atoms with van der Waals surface area (Å²) in [5.74, 6) is -0.0292. The van der Waals surface area contributed by atoms with Crippen LogP contribution < -0.4 is 95.0 Å². The Morgan fingerprint density at radius 3 is 1.62 bits per heavy atom. The maximum Gasteiger partial charge on any atom is 1.00 e. The third-order valence-electron chi connectivity index (χ3n) is 2.75. The minimum atomic E-state index is -5.64. The number of phenols is 1. The summed E-state index contributed by atoms with van der Waals surface area (Å²) in [5.41, 5.74) is -0.398. The van der Waals surface area contributed by atoms with E-state index >= 15 is 0 Å². The molecular weight excluding hydrogens is 334 g/mol. The first-order chi connectivity index (χ1) is 9.09. The van der Waals surface area contributed by atoms with Crippen molar-refractivity contribution in [2.75, 3.05) is 0 Å². The third kappa shape index (κ3) is 7.43. The zero-order valence-electron chi connectivity index (χ0n) is 13.8. The van der Waals surface area contributed by atoms with Gasteiger partial charge in [0.1, 0.15) is 5.75 Å². The van der Waals surface area contributed by atoms with Crippen LogP contribution in [0.25, 0.3) is 10.8 Å². The number of aromatic hydroxyl groups is 1. The van der Waals surface area contributed by atoms with Gasteiger partial charge in [-0.25, -0.2) is 0 Å². The van der Waals surface area contributed by atoms with Crippen LogP contribution in [0.1, 0.15) is 11.0 Å². The van der Waals surface area contributed by atoms with Crippen molar-refractivity contribution in [3.8, 4) is 5.75 Å². The summed E-state index contributed by atoms with van der Waals surface area (Å²) in [7, 11) is -11.3. The van der Waals surface area contributed by atoms with Gasteiger partial charge in [-0.1, -0.05) is 39.5 Å². The smallest absolute Gasteiger partial charge is 0.810 e. The summed E-state index contributed by atoms with van der Waals surface area (Å²) >= 11 is 0. The Morgan fingerprint density at radius 1 is 0.750 bits per heavy atom. The molecule has 0 aromatic heterocycles. The second-order valence-electron chi connectivity index (χ2n) is 4.24. The molecule has 0 unspecified atom stereocenters. The van der Waals surface area contributed by atoms with Gasteiger partial charge in [-0.2, -0.15) is 0 Å². The Hall–Kier alpha value is 1.19. The zero-order valence-corrected chi connectivity index (χ0v) is 15.6. The molecule has 2 aromatic rings. The SMILES string of the molecule is O=P([O-])([O-])C(c1ccc2cc(O)ccc2c1)P(=O)([O-])[O-].[Li+].[Li+].[Li+].[Li+]. The fraction of sp³-hybridized carbons (Fsp3) is 0.0909. The number of phenolic OH excluding ortho intramolecular Hbond substituents is 1. The Kier molecular flexibility index (Phi) is 13.9. The molecule has 2 aromatic carbocycles. The molecule has 0 aliphatic rings. The monoisotopic (exact) mass is 342 g/mol. The molecule has 0 saturated heterocycles. The largest absolute Gasteiger partial charge is 1.00 e. The van der Waals surface area contributed by atoms with Crippen LogP contribution in [0.2, 0.25) is 0 Å². The Morgan fingerprint density at radius 2 is 1.17 bits per heavy atom. The molecule has 2 rings (SSSR count). The molecule has 13 heteroatoms. The van der Waals surface area contributed by atoms with E-state index in [4.69, 9.17) is 0 Å². The molecule has 1 N–H and O–H groups in total. The van der Waals surface area contributed by atoms with E-state index in [0.29, 0.717) is 10.8 Å². The van der Waals surface area contributed by atoms with Crippen LogP contribution in [0, 0.1) is 0 Å². The van der Waals surface area contributed by atoms with Crippen LogP contribution >= 0.6 is 15.2 Å². The molecule has 0 amide bonds. The van der Waals surface area contributed by atoms with E-state index in [0.717, 1.165) is 12.1 Å². The fourth-order valence-electron chi connectivity index (χ4n) is 1.95. The van der Waals surface area contributed by atoms with Gasteiger partial charge in [-0.3, -0.25) is 0 Å². The standard InChI is InChI=1S/C11H12O7P2.4Li/c12-10-4-3-7-5-9(2-1-8(7)6-10)11(19(13,14)15)20(16,17)18;;;;/h1-6,11-12H,(H2,13,14,15)(H2,16,17,18);;;;/q;4*+1/p-4. The zero-order chi connectivity index (χ0) is 15.1.